The minimum absolute atomic E-state index is 0.0559. The van der Waals surface area contributed by atoms with Gasteiger partial charge in [0.1, 0.15) is 6.10 Å². The van der Waals surface area contributed by atoms with E-state index in [4.69, 9.17) is 10.7 Å². The first-order chi connectivity index (χ1) is 6.72. The normalized spacial score (nSPS) is 13.4. The second kappa shape index (κ2) is 3.44. The third-order valence-electron chi connectivity index (χ3n) is 2.58. The van der Waals surface area contributed by atoms with Crippen molar-refractivity contribution in [3.63, 3.8) is 0 Å². The smallest absolute Gasteiger partial charge is 0.101 e. The number of benzene rings is 1. The molecule has 0 spiro atoms. The molecular weight excluding hydrogens is 176 g/mol. The highest BCUT2D eigenvalue weighted by atomic mass is 16.6. The molecule has 3 nitrogen and oxygen atoms in total. The number of fused-ring (bicyclic) bond motifs is 1. The van der Waals surface area contributed by atoms with Crippen molar-refractivity contribution in [1.82, 2.24) is 4.57 Å². The number of aromatic nitrogens is 1. The Balaban J connectivity index is 2.52. The zero-order valence-electron chi connectivity index (χ0n) is 8.40. The molecule has 1 atom stereocenters. The summed E-state index contributed by atoms with van der Waals surface area (Å²) in [6.45, 7) is 1.93. The molecule has 0 bridgehead atoms. The first-order valence-electron chi connectivity index (χ1n) is 4.63. The zero-order valence-corrected chi connectivity index (χ0v) is 8.40. The largest absolute Gasteiger partial charge is 0.351 e. The molecule has 2 rings (SSSR count). The summed E-state index contributed by atoms with van der Waals surface area (Å²) in [4.78, 5) is 4.79. The fraction of sp³-hybridized carbons (Fsp3) is 0.273. The van der Waals surface area contributed by atoms with Crippen LogP contribution in [0.25, 0.3) is 10.9 Å². The number of nitrogens with zero attached hydrogens (tertiary/aromatic N) is 1. The molecule has 0 aliphatic carbocycles. The zero-order chi connectivity index (χ0) is 10.1. The number of hydrogen-bond donors (Lipinski definition) is 1. The van der Waals surface area contributed by atoms with Gasteiger partial charge in [0.15, 0.2) is 0 Å². The third-order valence-corrected chi connectivity index (χ3v) is 2.58. The predicted octanol–water partition coefficient (Wildman–Crippen LogP) is 2.13. The molecular formula is C11H14N2O. The number of rotatable bonds is 2. The van der Waals surface area contributed by atoms with E-state index in [0.717, 1.165) is 5.56 Å². The maximum Gasteiger partial charge on any atom is 0.101 e. The van der Waals surface area contributed by atoms with Gasteiger partial charge in [0.2, 0.25) is 0 Å². The molecule has 0 aliphatic heterocycles. The molecule has 2 N–H and O–H groups in total. The molecule has 0 saturated carbocycles. The van der Waals surface area contributed by atoms with Crippen LogP contribution >= 0.6 is 0 Å². The van der Waals surface area contributed by atoms with Gasteiger partial charge in [-0.1, -0.05) is 6.07 Å². The standard InChI is InChI=1S/C11H14N2O/c1-8(14-12)9-3-4-11-10(7-9)5-6-13(11)2/h3-8H,12H2,1-2H3. The van der Waals surface area contributed by atoms with E-state index in [0.29, 0.717) is 0 Å². The molecule has 1 aromatic heterocycles. The van der Waals surface area contributed by atoms with Crippen LogP contribution in [0.1, 0.15) is 18.6 Å². The Morgan fingerprint density at radius 3 is 2.86 bits per heavy atom. The van der Waals surface area contributed by atoms with Gasteiger partial charge in [0.25, 0.3) is 0 Å². The quantitative estimate of drug-likeness (QED) is 0.737. The average molecular weight is 190 g/mol. The molecule has 74 valence electrons. The fourth-order valence-corrected chi connectivity index (χ4v) is 1.63. The third kappa shape index (κ3) is 1.41. The van der Waals surface area contributed by atoms with Gasteiger partial charge in [0, 0.05) is 18.8 Å². The lowest BCUT2D eigenvalue weighted by atomic mass is 10.1. The van der Waals surface area contributed by atoms with Gasteiger partial charge in [0.05, 0.1) is 0 Å². The summed E-state index contributed by atoms with van der Waals surface area (Å²) in [5.74, 6) is 5.15. The number of aryl methyl sites for hydroxylation is 1. The van der Waals surface area contributed by atoms with Crippen LogP contribution in [0, 0.1) is 0 Å². The van der Waals surface area contributed by atoms with Crippen LogP contribution in [0.4, 0.5) is 0 Å². The first-order valence-corrected chi connectivity index (χ1v) is 4.63. The lowest BCUT2D eigenvalue weighted by Crippen LogP contribution is -2.05. The van der Waals surface area contributed by atoms with E-state index >= 15 is 0 Å². The van der Waals surface area contributed by atoms with Crippen molar-refractivity contribution < 1.29 is 4.84 Å². The van der Waals surface area contributed by atoms with Crippen molar-refractivity contribution in [2.75, 3.05) is 0 Å². The van der Waals surface area contributed by atoms with Gasteiger partial charge in [-0.3, -0.25) is 4.84 Å². The average Bonchev–Trinajstić information content (AvgIpc) is 2.59. The minimum Gasteiger partial charge on any atom is -0.351 e. The summed E-state index contributed by atoms with van der Waals surface area (Å²) in [7, 11) is 2.03. The Hall–Kier alpha value is -1.32. The number of hydrogen-bond acceptors (Lipinski definition) is 2. The lowest BCUT2D eigenvalue weighted by Gasteiger charge is -2.08. The summed E-state index contributed by atoms with van der Waals surface area (Å²) in [5.41, 5.74) is 2.32. The Morgan fingerprint density at radius 2 is 2.14 bits per heavy atom. The summed E-state index contributed by atoms with van der Waals surface area (Å²) in [6.07, 6.45) is 1.99. The van der Waals surface area contributed by atoms with E-state index in [2.05, 4.69) is 22.8 Å². The topological polar surface area (TPSA) is 40.2 Å². The van der Waals surface area contributed by atoms with Crippen LogP contribution in [-0.4, -0.2) is 4.57 Å². The number of nitrogens with two attached hydrogens (primary N) is 1. The van der Waals surface area contributed by atoms with E-state index in [1.165, 1.54) is 10.9 Å². The van der Waals surface area contributed by atoms with E-state index in [1.807, 2.05) is 26.2 Å². The summed E-state index contributed by atoms with van der Waals surface area (Å²) >= 11 is 0. The molecule has 1 heterocycles. The van der Waals surface area contributed by atoms with E-state index in [9.17, 15) is 0 Å². The molecule has 0 aliphatic rings. The van der Waals surface area contributed by atoms with Gasteiger partial charge in [-0.25, -0.2) is 5.90 Å². The van der Waals surface area contributed by atoms with Gasteiger partial charge in [-0.2, -0.15) is 0 Å². The second-order valence-corrected chi connectivity index (χ2v) is 3.52. The summed E-state index contributed by atoms with van der Waals surface area (Å²) in [6, 6.07) is 8.31. The SMILES string of the molecule is CC(ON)c1ccc2c(ccn2C)c1. The van der Waals surface area contributed by atoms with Gasteiger partial charge in [-0.05, 0) is 36.1 Å². The highest BCUT2D eigenvalue weighted by Gasteiger charge is 2.05. The van der Waals surface area contributed by atoms with Gasteiger partial charge in [-0.15, -0.1) is 0 Å². The van der Waals surface area contributed by atoms with E-state index < -0.39 is 0 Å². The Labute approximate surface area is 83.0 Å². The van der Waals surface area contributed by atoms with Crippen molar-refractivity contribution in [1.29, 1.82) is 0 Å². The van der Waals surface area contributed by atoms with Crippen LogP contribution in [0.5, 0.6) is 0 Å². The van der Waals surface area contributed by atoms with Crippen molar-refractivity contribution in [3.05, 3.63) is 36.0 Å². The molecule has 0 fully saturated rings. The van der Waals surface area contributed by atoms with Crippen molar-refractivity contribution in [3.8, 4) is 0 Å². The van der Waals surface area contributed by atoms with Crippen LogP contribution in [0.15, 0.2) is 30.5 Å². The lowest BCUT2D eigenvalue weighted by molar-refractivity contribution is 0.0665. The molecule has 0 saturated heterocycles. The molecule has 1 aromatic carbocycles. The van der Waals surface area contributed by atoms with Gasteiger partial charge >= 0.3 is 0 Å². The second-order valence-electron chi connectivity index (χ2n) is 3.52. The Bertz CT molecular complexity index is 447. The van der Waals surface area contributed by atoms with Crippen molar-refractivity contribution >= 4 is 10.9 Å². The molecule has 0 radical (unpaired) electrons. The summed E-state index contributed by atoms with van der Waals surface area (Å²) in [5, 5.41) is 1.22. The highest BCUT2D eigenvalue weighted by Crippen LogP contribution is 2.21. The molecule has 2 aromatic rings. The van der Waals surface area contributed by atoms with Gasteiger partial charge < -0.3 is 4.57 Å². The molecule has 14 heavy (non-hydrogen) atoms. The summed E-state index contributed by atoms with van der Waals surface area (Å²) < 4.78 is 2.09. The Kier molecular flexibility index (Phi) is 2.27. The first kappa shape index (κ1) is 9.24. The van der Waals surface area contributed by atoms with Crippen LogP contribution in [0.3, 0.4) is 0 Å². The predicted molar refractivity (Wildman–Crippen MR) is 56.6 cm³/mol. The minimum atomic E-state index is -0.0559. The van der Waals surface area contributed by atoms with E-state index in [-0.39, 0.29) is 6.10 Å². The molecule has 3 heteroatoms. The molecule has 0 amide bonds. The van der Waals surface area contributed by atoms with E-state index in [1.54, 1.807) is 0 Å². The monoisotopic (exact) mass is 190 g/mol. The maximum absolute atomic E-state index is 5.15. The fourth-order valence-electron chi connectivity index (χ4n) is 1.63. The molecule has 1 unspecified atom stereocenters. The van der Waals surface area contributed by atoms with Crippen LogP contribution in [0.2, 0.25) is 0 Å². The maximum atomic E-state index is 5.15. The van der Waals surface area contributed by atoms with Crippen LogP contribution < -0.4 is 5.90 Å². The van der Waals surface area contributed by atoms with Crippen molar-refractivity contribution in [2.24, 2.45) is 12.9 Å². The Morgan fingerprint density at radius 1 is 1.36 bits per heavy atom. The van der Waals surface area contributed by atoms with Crippen molar-refractivity contribution in [2.45, 2.75) is 13.0 Å². The van der Waals surface area contributed by atoms with Crippen LogP contribution in [-0.2, 0) is 11.9 Å². The highest BCUT2D eigenvalue weighted by molar-refractivity contribution is 5.80.